The molecule has 1 aliphatic heterocycles. The molecule has 10 heteroatoms. The molecule has 1 N–H and O–H groups in total. The maximum absolute atomic E-state index is 12.7. The summed E-state index contributed by atoms with van der Waals surface area (Å²) in [6, 6.07) is 5.54. The van der Waals surface area contributed by atoms with E-state index in [0.29, 0.717) is 31.5 Å². The van der Waals surface area contributed by atoms with Gasteiger partial charge in [-0.25, -0.2) is 12.7 Å². The van der Waals surface area contributed by atoms with E-state index in [1.54, 1.807) is 11.9 Å². The molecule has 0 aliphatic carbocycles. The second kappa shape index (κ2) is 8.56. The SMILES string of the molecule is CN(CC(=O)O)C1CCCN(S(=O)(=O)Cc2ccc([N+](=O)[O-])cc2)CC1. The van der Waals surface area contributed by atoms with Crippen molar-refractivity contribution < 1.29 is 23.2 Å². The lowest BCUT2D eigenvalue weighted by molar-refractivity contribution is -0.384. The lowest BCUT2D eigenvalue weighted by Gasteiger charge is -2.25. The van der Waals surface area contributed by atoms with Crippen LogP contribution in [0.2, 0.25) is 0 Å². The highest BCUT2D eigenvalue weighted by atomic mass is 32.2. The number of carbonyl (C=O) groups is 1. The zero-order valence-electron chi connectivity index (χ0n) is 14.6. The van der Waals surface area contributed by atoms with Gasteiger partial charge in [0.1, 0.15) is 0 Å². The van der Waals surface area contributed by atoms with Crippen LogP contribution >= 0.6 is 0 Å². The van der Waals surface area contributed by atoms with Crippen LogP contribution in [0.4, 0.5) is 5.69 Å². The fourth-order valence-corrected chi connectivity index (χ4v) is 4.72. The molecule has 1 atom stereocenters. The van der Waals surface area contributed by atoms with E-state index in [4.69, 9.17) is 5.11 Å². The molecule has 1 heterocycles. The smallest absolute Gasteiger partial charge is 0.317 e. The maximum Gasteiger partial charge on any atom is 0.317 e. The summed E-state index contributed by atoms with van der Waals surface area (Å²) in [6.45, 7) is 0.664. The predicted octanol–water partition coefficient (Wildman–Crippen LogP) is 1.30. The van der Waals surface area contributed by atoms with Crippen LogP contribution in [0.5, 0.6) is 0 Å². The molecule has 144 valence electrons. The molecule has 0 spiro atoms. The fraction of sp³-hybridized carbons (Fsp3) is 0.562. The topological polar surface area (TPSA) is 121 Å². The summed E-state index contributed by atoms with van der Waals surface area (Å²) in [5.74, 6) is -1.11. The van der Waals surface area contributed by atoms with Gasteiger partial charge in [-0.05, 0) is 31.9 Å². The first-order valence-corrected chi connectivity index (χ1v) is 9.93. The summed E-state index contributed by atoms with van der Waals surface area (Å²) < 4.78 is 26.8. The number of hydrogen-bond acceptors (Lipinski definition) is 6. The Labute approximate surface area is 152 Å². The Morgan fingerprint density at radius 3 is 2.54 bits per heavy atom. The van der Waals surface area contributed by atoms with Gasteiger partial charge in [-0.1, -0.05) is 12.1 Å². The van der Waals surface area contributed by atoms with Crippen molar-refractivity contribution in [1.82, 2.24) is 9.21 Å². The number of sulfonamides is 1. The van der Waals surface area contributed by atoms with E-state index in [-0.39, 0.29) is 24.0 Å². The van der Waals surface area contributed by atoms with Gasteiger partial charge in [0.25, 0.3) is 5.69 Å². The van der Waals surface area contributed by atoms with E-state index < -0.39 is 20.9 Å². The molecule has 2 rings (SSSR count). The van der Waals surface area contributed by atoms with Crippen LogP contribution < -0.4 is 0 Å². The lowest BCUT2D eigenvalue weighted by atomic mass is 10.1. The quantitative estimate of drug-likeness (QED) is 0.554. The number of rotatable bonds is 7. The largest absolute Gasteiger partial charge is 0.480 e. The van der Waals surface area contributed by atoms with Crippen molar-refractivity contribution in [1.29, 1.82) is 0 Å². The standard InChI is InChI=1S/C16H23N3O6S/c1-17(11-16(20)21)14-3-2-9-18(10-8-14)26(24,25)12-13-4-6-15(7-5-13)19(22)23/h4-7,14H,2-3,8-12H2,1H3,(H,20,21). The average molecular weight is 385 g/mol. The zero-order chi connectivity index (χ0) is 19.3. The molecule has 1 aromatic carbocycles. The fourth-order valence-electron chi connectivity index (χ4n) is 3.13. The normalized spacial score (nSPS) is 19.2. The highest BCUT2D eigenvalue weighted by Crippen LogP contribution is 2.21. The zero-order valence-corrected chi connectivity index (χ0v) is 15.4. The number of nitrogens with zero attached hydrogens (tertiary/aromatic N) is 3. The first kappa shape index (κ1) is 20.3. The van der Waals surface area contributed by atoms with Crippen molar-refractivity contribution in [3.05, 3.63) is 39.9 Å². The average Bonchev–Trinajstić information content (AvgIpc) is 2.81. The molecule has 0 aromatic heterocycles. The van der Waals surface area contributed by atoms with Gasteiger partial charge in [0.05, 0.1) is 17.2 Å². The molecule has 0 saturated carbocycles. The van der Waals surface area contributed by atoms with Crippen molar-refractivity contribution in [2.75, 3.05) is 26.7 Å². The molecule has 1 fully saturated rings. The third-order valence-corrected chi connectivity index (χ3v) is 6.40. The summed E-state index contributed by atoms with van der Waals surface area (Å²) in [5.41, 5.74) is 0.421. The summed E-state index contributed by atoms with van der Waals surface area (Å²) in [5, 5.41) is 19.6. The third-order valence-electron chi connectivity index (χ3n) is 4.55. The second-order valence-corrected chi connectivity index (χ2v) is 8.44. The Bertz CT molecular complexity index is 750. The molecule has 1 aromatic rings. The Morgan fingerprint density at radius 1 is 1.31 bits per heavy atom. The minimum Gasteiger partial charge on any atom is -0.480 e. The van der Waals surface area contributed by atoms with Crippen LogP contribution in [0.15, 0.2) is 24.3 Å². The maximum atomic E-state index is 12.7. The van der Waals surface area contributed by atoms with Gasteiger partial charge in [-0.2, -0.15) is 0 Å². The van der Waals surface area contributed by atoms with E-state index in [2.05, 4.69) is 0 Å². The summed E-state index contributed by atoms with van der Waals surface area (Å²) in [6.07, 6.45) is 1.98. The minimum atomic E-state index is -3.54. The molecular formula is C16H23N3O6S. The van der Waals surface area contributed by atoms with Crippen molar-refractivity contribution >= 4 is 21.7 Å². The van der Waals surface area contributed by atoms with Crippen LogP contribution in [-0.4, -0.2) is 66.3 Å². The number of hydrogen-bond donors (Lipinski definition) is 1. The van der Waals surface area contributed by atoms with Gasteiger partial charge in [-0.3, -0.25) is 19.8 Å². The van der Waals surface area contributed by atoms with Crippen molar-refractivity contribution in [3.8, 4) is 0 Å². The molecule has 26 heavy (non-hydrogen) atoms. The first-order valence-electron chi connectivity index (χ1n) is 8.32. The number of nitro benzene ring substituents is 1. The van der Waals surface area contributed by atoms with Crippen molar-refractivity contribution in [2.45, 2.75) is 31.1 Å². The number of benzene rings is 1. The van der Waals surface area contributed by atoms with Gasteiger partial charge >= 0.3 is 5.97 Å². The Morgan fingerprint density at radius 2 is 1.96 bits per heavy atom. The highest BCUT2D eigenvalue weighted by Gasteiger charge is 2.28. The van der Waals surface area contributed by atoms with Crippen LogP contribution in [-0.2, 0) is 20.6 Å². The third kappa shape index (κ3) is 5.48. The van der Waals surface area contributed by atoms with Crippen LogP contribution in [0.25, 0.3) is 0 Å². The van der Waals surface area contributed by atoms with Gasteiger partial charge in [-0.15, -0.1) is 0 Å². The van der Waals surface area contributed by atoms with E-state index in [0.717, 1.165) is 6.42 Å². The van der Waals surface area contributed by atoms with Gasteiger partial charge in [0.15, 0.2) is 0 Å². The van der Waals surface area contributed by atoms with E-state index in [1.807, 2.05) is 0 Å². The van der Waals surface area contributed by atoms with Gasteiger partial charge in [0, 0.05) is 31.3 Å². The number of aliphatic carboxylic acids is 1. The molecule has 1 unspecified atom stereocenters. The Kier molecular flexibility index (Phi) is 6.68. The van der Waals surface area contributed by atoms with E-state index in [9.17, 15) is 23.3 Å². The molecule has 0 amide bonds. The number of nitro groups is 1. The Balaban J connectivity index is 2.00. The molecule has 0 radical (unpaired) electrons. The predicted molar refractivity (Wildman–Crippen MR) is 95.2 cm³/mol. The van der Waals surface area contributed by atoms with E-state index >= 15 is 0 Å². The molecule has 0 bridgehead atoms. The molecule has 1 saturated heterocycles. The summed E-state index contributed by atoms with van der Waals surface area (Å²) in [4.78, 5) is 22.7. The summed E-state index contributed by atoms with van der Waals surface area (Å²) in [7, 11) is -1.80. The van der Waals surface area contributed by atoms with Crippen LogP contribution in [0.1, 0.15) is 24.8 Å². The second-order valence-electron chi connectivity index (χ2n) is 6.47. The monoisotopic (exact) mass is 385 g/mol. The van der Waals surface area contributed by atoms with Crippen molar-refractivity contribution in [2.24, 2.45) is 0 Å². The number of likely N-dealkylation sites (N-methyl/N-ethyl adjacent to an activating group) is 1. The number of carboxylic acids is 1. The number of non-ortho nitro benzene ring substituents is 1. The van der Waals surface area contributed by atoms with E-state index in [1.165, 1.54) is 28.6 Å². The lowest BCUT2D eigenvalue weighted by Crippen LogP contribution is -2.37. The first-order chi connectivity index (χ1) is 12.2. The minimum absolute atomic E-state index is 0.0330. The number of carboxylic acid groups (broad SMARTS) is 1. The highest BCUT2D eigenvalue weighted by molar-refractivity contribution is 7.88. The summed E-state index contributed by atoms with van der Waals surface area (Å²) >= 11 is 0. The molecular weight excluding hydrogens is 362 g/mol. The molecule has 1 aliphatic rings. The van der Waals surface area contributed by atoms with Crippen molar-refractivity contribution in [3.63, 3.8) is 0 Å². The van der Waals surface area contributed by atoms with Crippen LogP contribution in [0, 0.1) is 10.1 Å². The molecule has 9 nitrogen and oxygen atoms in total. The van der Waals surface area contributed by atoms with Gasteiger partial charge in [0.2, 0.25) is 10.0 Å². The van der Waals surface area contributed by atoms with Gasteiger partial charge < -0.3 is 5.11 Å². The Hall–Kier alpha value is -2.04. The van der Waals surface area contributed by atoms with Crippen LogP contribution in [0.3, 0.4) is 0 Å².